The maximum Gasteiger partial charge on any atom is 0.225 e. The molecule has 182 valence electrons. The highest BCUT2D eigenvalue weighted by atomic mass is 35.5. The predicted octanol–water partition coefficient (Wildman–Crippen LogP) is 6.06. The number of nitrogens with zero attached hydrogens (tertiary/aromatic N) is 1. The van der Waals surface area contributed by atoms with Crippen molar-refractivity contribution < 1.29 is 9.53 Å². The first kappa shape index (κ1) is 28.0. The number of aromatic nitrogens is 1. The molecule has 2 atom stereocenters. The molecule has 4 rings (SSSR count). The number of halogens is 2. The molecule has 0 aliphatic carbocycles. The number of pyridine rings is 1. The minimum atomic E-state index is 0. The van der Waals surface area contributed by atoms with Gasteiger partial charge in [-0.1, -0.05) is 36.4 Å². The summed E-state index contributed by atoms with van der Waals surface area (Å²) in [4.78, 5) is 16.6. The zero-order chi connectivity index (χ0) is 22.0. The zero-order valence-electron chi connectivity index (χ0n) is 18.9. The number of hydrogen-bond acceptors (Lipinski definition) is 5. The van der Waals surface area contributed by atoms with Gasteiger partial charge >= 0.3 is 0 Å². The third-order valence-electron chi connectivity index (χ3n) is 5.38. The first-order valence-electron chi connectivity index (χ1n) is 11.1. The van der Waals surface area contributed by atoms with E-state index in [1.165, 1.54) is 5.56 Å². The molecule has 0 spiro atoms. The van der Waals surface area contributed by atoms with E-state index in [0.717, 1.165) is 42.0 Å². The number of rotatable bonds is 10. The largest absolute Gasteiger partial charge is 0.494 e. The van der Waals surface area contributed by atoms with Gasteiger partial charge in [0.15, 0.2) is 0 Å². The van der Waals surface area contributed by atoms with Crippen LogP contribution in [0.5, 0.6) is 5.75 Å². The number of aryl methyl sites for hydroxylation is 1. The number of ether oxygens (including phenoxy) is 1. The molecule has 1 aromatic heterocycles. The van der Waals surface area contributed by atoms with Crippen molar-refractivity contribution in [2.45, 2.75) is 37.1 Å². The molecule has 1 amide bonds. The van der Waals surface area contributed by atoms with Crippen molar-refractivity contribution in [2.24, 2.45) is 0 Å². The van der Waals surface area contributed by atoms with Crippen LogP contribution in [-0.2, 0) is 11.2 Å². The molecule has 1 saturated heterocycles. The van der Waals surface area contributed by atoms with Crippen molar-refractivity contribution in [3.8, 4) is 5.75 Å². The van der Waals surface area contributed by atoms with Crippen LogP contribution in [0, 0.1) is 0 Å². The molecule has 2 N–H and O–H groups in total. The second-order valence-electron chi connectivity index (χ2n) is 7.93. The van der Waals surface area contributed by atoms with Gasteiger partial charge in [-0.3, -0.25) is 15.1 Å². The predicted molar refractivity (Wildman–Crippen MR) is 145 cm³/mol. The van der Waals surface area contributed by atoms with Gasteiger partial charge in [-0.25, -0.2) is 0 Å². The fourth-order valence-electron chi connectivity index (χ4n) is 3.70. The number of unbranched alkanes of at least 4 members (excludes halogenated alkanes) is 1. The fraction of sp³-hybridized carbons (Fsp3) is 0.308. The topological polar surface area (TPSA) is 63.2 Å². The number of thioether (sulfide) groups is 1. The molecule has 1 fully saturated rings. The molecule has 1 aliphatic heterocycles. The summed E-state index contributed by atoms with van der Waals surface area (Å²) >= 11 is 1.82. The molecule has 5 nitrogen and oxygen atoms in total. The van der Waals surface area contributed by atoms with Crippen molar-refractivity contribution in [2.75, 3.05) is 17.7 Å². The number of nitrogens with one attached hydrogen (secondary N) is 2. The number of amides is 1. The Bertz CT molecular complexity index is 978. The van der Waals surface area contributed by atoms with Crippen molar-refractivity contribution in [1.29, 1.82) is 0 Å². The lowest BCUT2D eigenvalue weighted by Gasteiger charge is -2.13. The highest BCUT2D eigenvalue weighted by Crippen LogP contribution is 2.33. The van der Waals surface area contributed by atoms with Crippen LogP contribution in [0.2, 0.25) is 0 Å². The summed E-state index contributed by atoms with van der Waals surface area (Å²) in [5.74, 6) is 1.75. The van der Waals surface area contributed by atoms with Crippen LogP contribution in [0.25, 0.3) is 0 Å². The van der Waals surface area contributed by atoms with Gasteiger partial charge in [0.25, 0.3) is 0 Å². The quantitative estimate of drug-likeness (QED) is 0.318. The lowest BCUT2D eigenvalue weighted by Crippen LogP contribution is -2.30. The van der Waals surface area contributed by atoms with Crippen LogP contribution in [0.1, 0.15) is 35.8 Å². The minimum Gasteiger partial charge on any atom is -0.494 e. The van der Waals surface area contributed by atoms with Gasteiger partial charge in [0.2, 0.25) is 5.91 Å². The zero-order valence-corrected chi connectivity index (χ0v) is 21.3. The molecular weight excluding hydrogens is 489 g/mol. The molecule has 2 heterocycles. The first-order chi connectivity index (χ1) is 15.8. The van der Waals surface area contributed by atoms with E-state index in [2.05, 4.69) is 45.9 Å². The van der Waals surface area contributed by atoms with Gasteiger partial charge in [-0.05, 0) is 60.7 Å². The van der Waals surface area contributed by atoms with Crippen LogP contribution in [0.15, 0.2) is 79.1 Å². The Hall–Kier alpha value is -2.25. The number of anilines is 1. The van der Waals surface area contributed by atoms with E-state index in [-0.39, 0.29) is 42.1 Å². The van der Waals surface area contributed by atoms with E-state index < -0.39 is 0 Å². The molecule has 0 saturated carbocycles. The number of carbonyl (C=O) groups is 1. The van der Waals surface area contributed by atoms with Crippen LogP contribution in [0.4, 0.5) is 5.69 Å². The minimum absolute atomic E-state index is 0. The van der Waals surface area contributed by atoms with E-state index in [4.69, 9.17) is 4.74 Å². The van der Waals surface area contributed by atoms with Gasteiger partial charge in [0.05, 0.1) is 12.0 Å². The SMILES string of the molecule is Cl.Cl.O=C(CC1CSC(c2cccnc2)N1)Nc1ccc(OCCCCc2ccccc2)cc1. The molecule has 34 heavy (non-hydrogen) atoms. The summed E-state index contributed by atoms with van der Waals surface area (Å²) in [7, 11) is 0. The van der Waals surface area contributed by atoms with Crippen LogP contribution in [-0.4, -0.2) is 29.3 Å². The van der Waals surface area contributed by atoms with Crippen molar-refractivity contribution in [1.82, 2.24) is 10.3 Å². The monoisotopic (exact) mass is 519 g/mol. The first-order valence-corrected chi connectivity index (χ1v) is 12.2. The van der Waals surface area contributed by atoms with Crippen molar-refractivity contribution >= 4 is 48.2 Å². The third-order valence-corrected chi connectivity index (χ3v) is 6.72. The van der Waals surface area contributed by atoms with E-state index >= 15 is 0 Å². The van der Waals surface area contributed by atoms with Crippen LogP contribution in [0.3, 0.4) is 0 Å². The Balaban J connectivity index is 0.00000204. The summed E-state index contributed by atoms with van der Waals surface area (Å²) < 4.78 is 5.83. The second-order valence-corrected chi connectivity index (χ2v) is 9.07. The van der Waals surface area contributed by atoms with Crippen LogP contribution < -0.4 is 15.4 Å². The molecule has 1 aliphatic rings. The van der Waals surface area contributed by atoms with Gasteiger partial charge in [0.1, 0.15) is 5.75 Å². The lowest BCUT2D eigenvalue weighted by molar-refractivity contribution is -0.116. The highest BCUT2D eigenvalue weighted by molar-refractivity contribution is 7.99. The molecule has 2 unspecified atom stereocenters. The van der Waals surface area contributed by atoms with E-state index in [0.29, 0.717) is 13.0 Å². The van der Waals surface area contributed by atoms with Crippen LogP contribution >= 0.6 is 36.6 Å². The number of benzene rings is 2. The van der Waals surface area contributed by atoms with Gasteiger partial charge < -0.3 is 10.1 Å². The van der Waals surface area contributed by atoms with Crippen molar-refractivity contribution in [3.63, 3.8) is 0 Å². The normalized spacial score (nSPS) is 16.7. The number of carbonyl (C=O) groups excluding carboxylic acids is 1. The molecule has 3 aromatic rings. The highest BCUT2D eigenvalue weighted by Gasteiger charge is 2.27. The average molecular weight is 521 g/mol. The molecule has 0 bridgehead atoms. The summed E-state index contributed by atoms with van der Waals surface area (Å²) in [6.07, 6.45) is 7.29. The summed E-state index contributed by atoms with van der Waals surface area (Å²) in [5.41, 5.74) is 3.31. The number of hydrogen-bond donors (Lipinski definition) is 2. The Kier molecular flexibility index (Phi) is 12.3. The summed E-state index contributed by atoms with van der Waals surface area (Å²) in [6.45, 7) is 0.696. The molecular formula is C26H31Cl2N3O2S. The smallest absolute Gasteiger partial charge is 0.225 e. The fourth-order valence-corrected chi connectivity index (χ4v) is 4.96. The summed E-state index contributed by atoms with van der Waals surface area (Å²) in [5, 5.41) is 6.71. The Morgan fingerprint density at radius 3 is 2.56 bits per heavy atom. The third kappa shape index (κ3) is 8.84. The van der Waals surface area contributed by atoms with Gasteiger partial charge in [0, 0.05) is 36.3 Å². The average Bonchev–Trinajstić information content (AvgIpc) is 3.29. The molecule has 8 heteroatoms. The van der Waals surface area contributed by atoms with Gasteiger partial charge in [-0.2, -0.15) is 0 Å². The van der Waals surface area contributed by atoms with E-state index in [9.17, 15) is 4.79 Å². The maximum absolute atomic E-state index is 12.5. The van der Waals surface area contributed by atoms with E-state index in [1.807, 2.05) is 54.4 Å². The van der Waals surface area contributed by atoms with E-state index in [1.54, 1.807) is 6.20 Å². The Morgan fingerprint density at radius 2 is 1.82 bits per heavy atom. The second kappa shape index (κ2) is 14.9. The summed E-state index contributed by atoms with van der Waals surface area (Å²) in [6, 6.07) is 22.3. The maximum atomic E-state index is 12.5. The molecule has 0 radical (unpaired) electrons. The Morgan fingerprint density at radius 1 is 1.03 bits per heavy atom. The molecule has 2 aromatic carbocycles. The Labute approximate surface area is 218 Å². The lowest BCUT2D eigenvalue weighted by atomic mass is 10.1. The van der Waals surface area contributed by atoms with Gasteiger partial charge in [-0.15, -0.1) is 36.6 Å². The van der Waals surface area contributed by atoms with Crippen molar-refractivity contribution in [3.05, 3.63) is 90.3 Å². The standard InChI is InChI=1S/C26H29N3O2S.2ClH/c30-25(17-23-19-32-26(29-23)21-10-6-15-27-18-21)28-22-11-13-24(14-12-22)31-16-5-4-9-20-7-2-1-3-8-20;;/h1-3,6-8,10-15,18,23,26,29H,4-5,9,16-17,19H2,(H,28,30);2*1H.